The zero-order valence-corrected chi connectivity index (χ0v) is 10.6. The van der Waals surface area contributed by atoms with Crippen LogP contribution in [0.25, 0.3) is 0 Å². The Bertz CT molecular complexity index is 265. The second-order valence-electron chi connectivity index (χ2n) is 5.17. The van der Waals surface area contributed by atoms with E-state index in [0.29, 0.717) is 18.0 Å². The van der Waals surface area contributed by atoms with E-state index in [0.717, 1.165) is 19.5 Å². The Kier molecular flexibility index (Phi) is 3.50. The zero-order valence-electron chi connectivity index (χ0n) is 10.6. The summed E-state index contributed by atoms with van der Waals surface area (Å²) in [6, 6.07) is 1.02. The van der Waals surface area contributed by atoms with E-state index in [9.17, 15) is 4.79 Å². The molecule has 4 heteroatoms. The molecule has 0 radical (unpaired) electrons. The van der Waals surface area contributed by atoms with Crippen molar-refractivity contribution in [1.29, 1.82) is 0 Å². The molecule has 0 aromatic heterocycles. The average molecular weight is 225 g/mol. The molecular weight excluding hydrogens is 202 g/mol. The van der Waals surface area contributed by atoms with Crippen LogP contribution in [0.5, 0.6) is 0 Å². The highest BCUT2D eigenvalue weighted by atomic mass is 16.2. The molecule has 1 aliphatic carbocycles. The van der Waals surface area contributed by atoms with Crippen molar-refractivity contribution in [3.8, 4) is 0 Å². The molecule has 1 saturated heterocycles. The minimum atomic E-state index is 0.0873. The SMILES string of the molecule is CNCCC1C(=O)N(C2CC2)C(C)CN1C. The van der Waals surface area contributed by atoms with Gasteiger partial charge in [0.25, 0.3) is 0 Å². The van der Waals surface area contributed by atoms with Crippen LogP contribution >= 0.6 is 0 Å². The number of hydrogen-bond acceptors (Lipinski definition) is 3. The van der Waals surface area contributed by atoms with Crippen LogP contribution in [-0.4, -0.2) is 61.0 Å². The van der Waals surface area contributed by atoms with Gasteiger partial charge in [-0.15, -0.1) is 0 Å². The van der Waals surface area contributed by atoms with Crippen LogP contribution in [0.4, 0.5) is 0 Å². The molecule has 0 aromatic carbocycles. The Morgan fingerprint density at radius 2 is 2.12 bits per heavy atom. The molecule has 1 heterocycles. The highest BCUT2D eigenvalue weighted by Crippen LogP contribution is 2.32. The fraction of sp³-hybridized carbons (Fsp3) is 0.917. The van der Waals surface area contributed by atoms with Crippen molar-refractivity contribution in [2.24, 2.45) is 0 Å². The van der Waals surface area contributed by atoms with Crippen molar-refractivity contribution in [2.75, 3.05) is 27.2 Å². The third-order valence-electron chi connectivity index (χ3n) is 3.71. The number of amides is 1. The van der Waals surface area contributed by atoms with Crippen LogP contribution in [0.1, 0.15) is 26.2 Å². The molecule has 16 heavy (non-hydrogen) atoms. The van der Waals surface area contributed by atoms with Gasteiger partial charge in [-0.1, -0.05) is 0 Å². The maximum atomic E-state index is 12.4. The molecule has 0 bridgehead atoms. The lowest BCUT2D eigenvalue weighted by atomic mass is 10.0. The summed E-state index contributed by atoms with van der Waals surface area (Å²) in [5.74, 6) is 0.346. The van der Waals surface area contributed by atoms with Gasteiger partial charge in [0.1, 0.15) is 0 Å². The Balaban J connectivity index is 2.03. The van der Waals surface area contributed by atoms with Gasteiger partial charge in [-0.25, -0.2) is 0 Å². The van der Waals surface area contributed by atoms with E-state index >= 15 is 0 Å². The first-order valence-electron chi connectivity index (χ1n) is 6.32. The van der Waals surface area contributed by atoms with Crippen molar-refractivity contribution in [1.82, 2.24) is 15.1 Å². The number of nitrogens with one attached hydrogen (secondary N) is 1. The summed E-state index contributed by atoms with van der Waals surface area (Å²) in [5.41, 5.74) is 0. The number of rotatable bonds is 4. The molecule has 1 aliphatic heterocycles. The van der Waals surface area contributed by atoms with Gasteiger partial charge < -0.3 is 10.2 Å². The molecule has 1 saturated carbocycles. The van der Waals surface area contributed by atoms with Gasteiger partial charge >= 0.3 is 0 Å². The minimum absolute atomic E-state index is 0.0873. The molecule has 1 amide bonds. The van der Waals surface area contributed by atoms with Crippen LogP contribution < -0.4 is 5.32 Å². The number of hydrogen-bond donors (Lipinski definition) is 1. The minimum Gasteiger partial charge on any atom is -0.334 e. The van der Waals surface area contributed by atoms with Crippen molar-refractivity contribution in [3.63, 3.8) is 0 Å². The van der Waals surface area contributed by atoms with Crippen LogP contribution in [0.3, 0.4) is 0 Å². The second-order valence-corrected chi connectivity index (χ2v) is 5.17. The van der Waals surface area contributed by atoms with E-state index in [1.165, 1.54) is 12.8 Å². The maximum Gasteiger partial charge on any atom is 0.240 e. The summed E-state index contributed by atoms with van der Waals surface area (Å²) in [6.45, 7) is 4.09. The zero-order chi connectivity index (χ0) is 11.7. The summed E-state index contributed by atoms with van der Waals surface area (Å²) in [7, 11) is 4.01. The highest BCUT2D eigenvalue weighted by Gasteiger charge is 2.43. The van der Waals surface area contributed by atoms with E-state index in [4.69, 9.17) is 0 Å². The number of likely N-dealkylation sites (N-methyl/N-ethyl adjacent to an activating group) is 1. The van der Waals surface area contributed by atoms with Crippen molar-refractivity contribution in [2.45, 2.75) is 44.3 Å². The number of nitrogens with zero attached hydrogens (tertiary/aromatic N) is 2. The predicted octanol–water partition coefficient (Wildman–Crippen LogP) is 0.289. The summed E-state index contributed by atoms with van der Waals surface area (Å²) >= 11 is 0. The lowest BCUT2D eigenvalue weighted by molar-refractivity contribution is -0.145. The van der Waals surface area contributed by atoms with E-state index < -0.39 is 0 Å². The summed E-state index contributed by atoms with van der Waals surface area (Å²) in [5, 5.41) is 3.13. The Morgan fingerprint density at radius 1 is 1.44 bits per heavy atom. The summed E-state index contributed by atoms with van der Waals surface area (Å²) in [4.78, 5) is 16.7. The second kappa shape index (κ2) is 4.72. The first kappa shape index (κ1) is 11.9. The van der Waals surface area contributed by atoms with E-state index in [2.05, 4.69) is 29.1 Å². The molecule has 92 valence electrons. The fourth-order valence-corrected chi connectivity index (χ4v) is 2.73. The number of carbonyl (C=O) groups is 1. The van der Waals surface area contributed by atoms with Gasteiger partial charge in [0, 0.05) is 18.6 Å². The Morgan fingerprint density at radius 3 is 2.69 bits per heavy atom. The van der Waals surface area contributed by atoms with Crippen LogP contribution in [-0.2, 0) is 4.79 Å². The normalized spacial score (nSPS) is 32.2. The number of piperazine rings is 1. The van der Waals surface area contributed by atoms with Gasteiger partial charge in [-0.05, 0) is 46.8 Å². The monoisotopic (exact) mass is 225 g/mol. The Labute approximate surface area is 98.0 Å². The maximum absolute atomic E-state index is 12.4. The van der Waals surface area contributed by atoms with Gasteiger partial charge in [-0.2, -0.15) is 0 Å². The van der Waals surface area contributed by atoms with Gasteiger partial charge in [0.15, 0.2) is 0 Å². The summed E-state index contributed by atoms with van der Waals surface area (Å²) in [6.07, 6.45) is 3.33. The van der Waals surface area contributed by atoms with Crippen molar-refractivity contribution < 1.29 is 4.79 Å². The van der Waals surface area contributed by atoms with Gasteiger partial charge in [-0.3, -0.25) is 9.69 Å². The average Bonchev–Trinajstić information content (AvgIpc) is 3.01. The molecule has 1 N–H and O–H groups in total. The van der Waals surface area contributed by atoms with Crippen LogP contribution in [0.15, 0.2) is 0 Å². The molecule has 2 unspecified atom stereocenters. The molecule has 2 atom stereocenters. The van der Waals surface area contributed by atoms with Gasteiger partial charge in [0.2, 0.25) is 5.91 Å². The smallest absolute Gasteiger partial charge is 0.240 e. The topological polar surface area (TPSA) is 35.6 Å². The first-order valence-corrected chi connectivity index (χ1v) is 6.32. The van der Waals surface area contributed by atoms with Crippen molar-refractivity contribution in [3.05, 3.63) is 0 Å². The third kappa shape index (κ3) is 2.23. The summed E-state index contributed by atoms with van der Waals surface area (Å²) < 4.78 is 0. The quantitative estimate of drug-likeness (QED) is 0.747. The Hall–Kier alpha value is -0.610. The van der Waals surface area contributed by atoms with E-state index in [1.807, 2.05) is 7.05 Å². The largest absolute Gasteiger partial charge is 0.334 e. The lowest BCUT2D eigenvalue weighted by Crippen LogP contribution is -2.60. The molecular formula is C12H23N3O. The first-order chi connectivity index (χ1) is 7.65. The van der Waals surface area contributed by atoms with Gasteiger partial charge in [0.05, 0.1) is 6.04 Å². The molecule has 2 fully saturated rings. The molecule has 4 nitrogen and oxygen atoms in total. The van der Waals surface area contributed by atoms with Crippen LogP contribution in [0.2, 0.25) is 0 Å². The highest BCUT2D eigenvalue weighted by molar-refractivity contribution is 5.83. The molecule has 2 rings (SSSR count). The molecule has 0 spiro atoms. The van der Waals surface area contributed by atoms with E-state index in [1.54, 1.807) is 0 Å². The fourth-order valence-electron chi connectivity index (χ4n) is 2.73. The number of carbonyl (C=O) groups excluding carboxylic acids is 1. The molecule has 2 aliphatic rings. The van der Waals surface area contributed by atoms with E-state index in [-0.39, 0.29) is 6.04 Å². The van der Waals surface area contributed by atoms with Crippen molar-refractivity contribution >= 4 is 5.91 Å². The molecule has 0 aromatic rings. The third-order valence-corrected chi connectivity index (χ3v) is 3.71. The predicted molar refractivity (Wildman–Crippen MR) is 64.3 cm³/mol. The lowest BCUT2D eigenvalue weighted by Gasteiger charge is -2.43. The van der Waals surface area contributed by atoms with Crippen LogP contribution in [0, 0.1) is 0 Å². The standard InChI is InChI=1S/C12H23N3O/c1-9-8-14(3)11(6-7-13-2)12(16)15(9)10-4-5-10/h9-11,13H,4-8H2,1-3H3.